The molecule has 2 aromatic heterocycles. The molecule has 3 heterocycles. The fourth-order valence-electron chi connectivity index (χ4n) is 4.63. The molecule has 4 nitrogen and oxygen atoms in total. The predicted octanol–water partition coefficient (Wildman–Crippen LogP) is 5.41. The molecular weight excluding hydrogens is 398 g/mol. The Kier molecular flexibility index (Phi) is 5.66. The molecular formula is C23H27N3OS2. The van der Waals surface area contributed by atoms with Crippen LogP contribution in [0.2, 0.25) is 0 Å². The second-order valence-corrected chi connectivity index (χ2v) is 10.5. The molecule has 152 valence electrons. The van der Waals surface area contributed by atoms with Crippen LogP contribution in [0.15, 0.2) is 36.4 Å². The zero-order valence-electron chi connectivity index (χ0n) is 16.6. The van der Waals surface area contributed by atoms with E-state index in [9.17, 15) is 4.79 Å². The summed E-state index contributed by atoms with van der Waals surface area (Å²) in [5.74, 6) is 0.977. The van der Waals surface area contributed by atoms with Crippen molar-refractivity contribution in [2.75, 3.05) is 19.6 Å². The number of hydrogen-bond acceptors (Lipinski definition) is 5. The maximum atomic E-state index is 12.8. The number of aromatic nitrogens is 1. The zero-order chi connectivity index (χ0) is 19.6. The summed E-state index contributed by atoms with van der Waals surface area (Å²) in [4.78, 5) is 21.9. The van der Waals surface area contributed by atoms with Gasteiger partial charge in [0.1, 0.15) is 5.01 Å². The van der Waals surface area contributed by atoms with Crippen LogP contribution < -0.4 is 5.32 Å². The molecule has 1 aromatic carbocycles. The van der Waals surface area contributed by atoms with Gasteiger partial charge in [-0.2, -0.15) is 0 Å². The maximum Gasteiger partial charge on any atom is 0.261 e. The second kappa shape index (κ2) is 8.54. The van der Waals surface area contributed by atoms with E-state index in [4.69, 9.17) is 4.98 Å². The smallest absolute Gasteiger partial charge is 0.261 e. The lowest BCUT2D eigenvalue weighted by atomic mass is 10.0. The van der Waals surface area contributed by atoms with Crippen molar-refractivity contribution in [3.63, 3.8) is 0 Å². The molecule has 6 heteroatoms. The van der Waals surface area contributed by atoms with Gasteiger partial charge in [0, 0.05) is 25.7 Å². The normalized spacial score (nSPS) is 19.2. The van der Waals surface area contributed by atoms with Gasteiger partial charge in [-0.25, -0.2) is 4.98 Å². The molecule has 0 bridgehead atoms. The molecule has 0 spiro atoms. The lowest BCUT2D eigenvalue weighted by molar-refractivity contribution is 0.0910. The molecule has 0 unspecified atom stereocenters. The minimum absolute atomic E-state index is 0.0663. The Morgan fingerprint density at radius 3 is 2.62 bits per heavy atom. The minimum atomic E-state index is 0.0663. The Bertz CT molecular complexity index is 948. The molecule has 1 aliphatic carbocycles. The number of thiazole rings is 1. The summed E-state index contributed by atoms with van der Waals surface area (Å²) >= 11 is 3.23. The summed E-state index contributed by atoms with van der Waals surface area (Å²) in [6, 6.07) is 12.5. The van der Waals surface area contributed by atoms with E-state index in [0.717, 1.165) is 52.1 Å². The van der Waals surface area contributed by atoms with Crippen molar-refractivity contribution in [3.8, 4) is 9.88 Å². The fraction of sp³-hybridized carbons (Fsp3) is 0.478. The number of piperidine rings is 1. The van der Waals surface area contributed by atoms with Gasteiger partial charge in [-0.1, -0.05) is 25.0 Å². The van der Waals surface area contributed by atoms with Crippen LogP contribution >= 0.6 is 22.7 Å². The number of fused-ring (bicyclic) bond motifs is 1. The molecule has 0 atom stereocenters. The third kappa shape index (κ3) is 4.39. The van der Waals surface area contributed by atoms with Crippen molar-refractivity contribution in [1.29, 1.82) is 0 Å². The van der Waals surface area contributed by atoms with Crippen LogP contribution in [0, 0.1) is 5.92 Å². The lowest BCUT2D eigenvalue weighted by Crippen LogP contribution is -2.45. The van der Waals surface area contributed by atoms with Crippen LogP contribution in [-0.2, 0) is 0 Å². The van der Waals surface area contributed by atoms with E-state index in [1.165, 1.54) is 36.9 Å². The first-order valence-corrected chi connectivity index (χ1v) is 12.4. The molecule has 1 amide bonds. The highest BCUT2D eigenvalue weighted by Crippen LogP contribution is 2.34. The number of carbonyl (C=O) groups is 1. The molecule has 0 radical (unpaired) electrons. The number of nitrogens with zero attached hydrogens (tertiary/aromatic N) is 2. The zero-order valence-corrected chi connectivity index (χ0v) is 18.2. The number of carbonyl (C=O) groups excluding carboxylic acids is 1. The molecule has 29 heavy (non-hydrogen) atoms. The van der Waals surface area contributed by atoms with Crippen molar-refractivity contribution < 1.29 is 4.79 Å². The van der Waals surface area contributed by atoms with Gasteiger partial charge in [0.05, 0.1) is 20.0 Å². The lowest BCUT2D eigenvalue weighted by Gasteiger charge is -2.33. The van der Waals surface area contributed by atoms with Gasteiger partial charge in [-0.3, -0.25) is 4.79 Å². The standard InChI is InChI=1S/C23H27N3OS2/c27-22(24-17-11-13-26(14-12-17)15-16-5-1-2-6-16)20-9-10-21(28-20)23-25-18-7-3-4-8-19(18)29-23/h3-4,7-10,16-17H,1-2,5-6,11-15H2,(H,24,27). The van der Waals surface area contributed by atoms with Gasteiger partial charge in [0.2, 0.25) is 0 Å². The average Bonchev–Trinajstić information content (AvgIpc) is 3.49. The highest BCUT2D eigenvalue weighted by atomic mass is 32.1. The Balaban J connectivity index is 1.16. The summed E-state index contributed by atoms with van der Waals surface area (Å²) in [7, 11) is 0. The van der Waals surface area contributed by atoms with E-state index in [2.05, 4.69) is 16.3 Å². The Morgan fingerprint density at radius 1 is 1.03 bits per heavy atom. The fourth-order valence-corrected chi connectivity index (χ4v) is 6.56. The van der Waals surface area contributed by atoms with E-state index < -0.39 is 0 Å². The molecule has 5 rings (SSSR count). The third-order valence-corrected chi connectivity index (χ3v) is 8.54. The predicted molar refractivity (Wildman–Crippen MR) is 122 cm³/mol. The van der Waals surface area contributed by atoms with Crippen LogP contribution in [0.3, 0.4) is 0 Å². The number of nitrogens with one attached hydrogen (secondary N) is 1. The van der Waals surface area contributed by atoms with Gasteiger partial charge in [0.15, 0.2) is 0 Å². The van der Waals surface area contributed by atoms with Crippen LogP contribution in [0.5, 0.6) is 0 Å². The number of likely N-dealkylation sites (tertiary alicyclic amines) is 1. The largest absolute Gasteiger partial charge is 0.349 e. The number of amides is 1. The highest BCUT2D eigenvalue weighted by molar-refractivity contribution is 7.26. The second-order valence-electron chi connectivity index (χ2n) is 8.35. The van der Waals surface area contributed by atoms with Crippen LogP contribution in [0.25, 0.3) is 20.1 Å². The summed E-state index contributed by atoms with van der Waals surface area (Å²) in [6.07, 6.45) is 7.77. The first kappa shape index (κ1) is 19.2. The van der Waals surface area contributed by atoms with Gasteiger partial charge in [-0.15, -0.1) is 22.7 Å². The van der Waals surface area contributed by atoms with Crippen molar-refractivity contribution >= 4 is 38.8 Å². The van der Waals surface area contributed by atoms with E-state index in [1.807, 2.05) is 30.3 Å². The number of rotatable bonds is 5. The van der Waals surface area contributed by atoms with E-state index >= 15 is 0 Å². The molecule has 3 aromatic rings. The highest BCUT2D eigenvalue weighted by Gasteiger charge is 2.25. The van der Waals surface area contributed by atoms with Gasteiger partial charge >= 0.3 is 0 Å². The molecule has 1 N–H and O–H groups in total. The third-order valence-electron chi connectivity index (χ3n) is 6.25. The number of benzene rings is 1. The Morgan fingerprint density at radius 2 is 1.83 bits per heavy atom. The molecule has 2 aliphatic rings. The SMILES string of the molecule is O=C(NC1CCN(CC2CCCC2)CC1)c1ccc(-c2nc3ccccc3s2)s1. The quantitative estimate of drug-likeness (QED) is 0.594. The average molecular weight is 426 g/mol. The Labute approximate surface area is 180 Å². The van der Waals surface area contributed by atoms with Crippen molar-refractivity contribution in [2.24, 2.45) is 5.92 Å². The Hall–Kier alpha value is -1.76. The van der Waals surface area contributed by atoms with Gasteiger partial charge in [0.25, 0.3) is 5.91 Å². The minimum Gasteiger partial charge on any atom is -0.349 e. The van der Waals surface area contributed by atoms with Crippen molar-refractivity contribution in [2.45, 2.75) is 44.6 Å². The van der Waals surface area contributed by atoms with Crippen molar-refractivity contribution in [3.05, 3.63) is 41.3 Å². The number of hydrogen-bond donors (Lipinski definition) is 1. The van der Waals surface area contributed by atoms with Gasteiger partial charge in [-0.05, 0) is 55.9 Å². The van der Waals surface area contributed by atoms with E-state index in [1.54, 1.807) is 22.7 Å². The molecule has 1 saturated heterocycles. The first-order chi connectivity index (χ1) is 14.2. The molecule has 1 aliphatic heterocycles. The number of para-hydroxylation sites is 1. The summed E-state index contributed by atoms with van der Waals surface area (Å²) < 4.78 is 1.19. The molecule has 2 fully saturated rings. The topological polar surface area (TPSA) is 45.2 Å². The maximum absolute atomic E-state index is 12.8. The van der Waals surface area contributed by atoms with Gasteiger partial charge < -0.3 is 10.2 Å². The summed E-state index contributed by atoms with van der Waals surface area (Å²) in [5.41, 5.74) is 1.02. The first-order valence-electron chi connectivity index (χ1n) is 10.7. The van der Waals surface area contributed by atoms with E-state index in [0.29, 0.717) is 6.04 Å². The van der Waals surface area contributed by atoms with Crippen molar-refractivity contribution in [1.82, 2.24) is 15.2 Å². The van der Waals surface area contributed by atoms with Crippen LogP contribution in [-0.4, -0.2) is 41.5 Å². The molecule has 1 saturated carbocycles. The summed E-state index contributed by atoms with van der Waals surface area (Å²) in [5, 5.41) is 4.26. The number of thiophene rings is 1. The van der Waals surface area contributed by atoms with Crippen LogP contribution in [0.1, 0.15) is 48.2 Å². The summed E-state index contributed by atoms with van der Waals surface area (Å²) in [6.45, 7) is 3.49. The monoisotopic (exact) mass is 425 g/mol. The van der Waals surface area contributed by atoms with E-state index in [-0.39, 0.29) is 5.91 Å². The van der Waals surface area contributed by atoms with Crippen LogP contribution in [0.4, 0.5) is 0 Å².